The first-order valence-electron chi connectivity index (χ1n) is 9.95. The lowest BCUT2D eigenvalue weighted by Gasteiger charge is -2.16. The summed E-state index contributed by atoms with van der Waals surface area (Å²) in [5, 5.41) is 7.53. The van der Waals surface area contributed by atoms with Crippen molar-refractivity contribution in [2.45, 2.75) is 25.8 Å². The largest absolute Gasteiger partial charge is 0.456 e. The van der Waals surface area contributed by atoms with Gasteiger partial charge in [0.2, 0.25) is 0 Å². The van der Waals surface area contributed by atoms with E-state index in [0.717, 1.165) is 10.4 Å². The van der Waals surface area contributed by atoms with Crippen molar-refractivity contribution < 1.29 is 19.1 Å². The Morgan fingerprint density at radius 3 is 2.45 bits per heavy atom. The van der Waals surface area contributed by atoms with E-state index in [1.165, 1.54) is 0 Å². The Balaban J connectivity index is 1.52. The Labute approximate surface area is 185 Å². The van der Waals surface area contributed by atoms with E-state index < -0.39 is 18.5 Å². The molecule has 7 heteroatoms. The van der Waals surface area contributed by atoms with Crippen molar-refractivity contribution in [2.24, 2.45) is 0 Å². The molecular weight excluding hydrogens is 412 g/mol. The number of benzene rings is 2. The maximum atomic E-state index is 12.7. The molecule has 0 spiro atoms. The van der Waals surface area contributed by atoms with Crippen LogP contribution in [0.1, 0.15) is 40.2 Å². The number of amides is 2. The highest BCUT2D eigenvalue weighted by Gasteiger charge is 2.16. The van der Waals surface area contributed by atoms with Gasteiger partial charge in [0.1, 0.15) is 0 Å². The molecule has 0 aliphatic carbocycles. The van der Waals surface area contributed by atoms with Gasteiger partial charge in [-0.1, -0.05) is 48.5 Å². The minimum atomic E-state index is -0.499. The predicted octanol–water partition coefficient (Wildman–Crippen LogP) is 4.35. The van der Waals surface area contributed by atoms with Crippen LogP contribution in [0.25, 0.3) is 0 Å². The summed E-state index contributed by atoms with van der Waals surface area (Å²) in [4.78, 5) is 38.0. The summed E-state index contributed by atoms with van der Waals surface area (Å²) in [6.07, 6.45) is 0.797. The van der Waals surface area contributed by atoms with E-state index in [2.05, 4.69) is 10.6 Å². The van der Waals surface area contributed by atoms with E-state index in [9.17, 15) is 14.4 Å². The van der Waals surface area contributed by atoms with Crippen molar-refractivity contribution in [2.75, 3.05) is 11.9 Å². The van der Waals surface area contributed by atoms with Gasteiger partial charge in [-0.2, -0.15) is 0 Å². The van der Waals surface area contributed by atoms with E-state index in [0.29, 0.717) is 17.7 Å². The second-order valence-electron chi connectivity index (χ2n) is 6.94. The van der Waals surface area contributed by atoms with E-state index in [4.69, 9.17) is 4.74 Å². The van der Waals surface area contributed by atoms with Gasteiger partial charge in [-0.05, 0) is 42.5 Å². The van der Waals surface area contributed by atoms with Crippen molar-refractivity contribution in [1.82, 2.24) is 5.32 Å². The Bertz CT molecular complexity index is 1020. The molecule has 6 nitrogen and oxygen atoms in total. The van der Waals surface area contributed by atoms with E-state index in [1.54, 1.807) is 35.6 Å². The van der Waals surface area contributed by atoms with Crippen molar-refractivity contribution in [3.63, 3.8) is 0 Å². The van der Waals surface area contributed by atoms with Crippen LogP contribution in [-0.4, -0.2) is 24.4 Å². The molecular formula is C24H24N2O4S. The van der Waals surface area contributed by atoms with Crippen LogP contribution in [0.15, 0.2) is 72.1 Å². The van der Waals surface area contributed by atoms with Crippen molar-refractivity contribution >= 4 is 34.8 Å². The summed E-state index contributed by atoms with van der Waals surface area (Å²) in [5.41, 5.74) is 1.68. The molecule has 0 radical (unpaired) electrons. The van der Waals surface area contributed by atoms with Gasteiger partial charge >= 0.3 is 5.97 Å². The third kappa shape index (κ3) is 6.79. The molecule has 2 N–H and O–H groups in total. The minimum absolute atomic E-state index is 0.193. The van der Waals surface area contributed by atoms with Crippen LogP contribution in [0.2, 0.25) is 0 Å². The molecule has 0 aliphatic rings. The van der Waals surface area contributed by atoms with Gasteiger partial charge in [0.25, 0.3) is 11.8 Å². The molecule has 1 aromatic heterocycles. The van der Waals surface area contributed by atoms with Gasteiger partial charge in [-0.15, -0.1) is 11.3 Å². The molecule has 2 amide bonds. The van der Waals surface area contributed by atoms with Crippen LogP contribution in [0.5, 0.6) is 0 Å². The molecule has 3 aromatic rings. The number of carbonyl (C=O) groups is 3. The van der Waals surface area contributed by atoms with Crippen LogP contribution < -0.4 is 10.6 Å². The number of ether oxygens (including phenoxy) is 1. The third-order valence-electron chi connectivity index (χ3n) is 4.61. The molecule has 0 fully saturated rings. The fourth-order valence-electron chi connectivity index (χ4n) is 2.97. The van der Waals surface area contributed by atoms with Crippen LogP contribution in [0.4, 0.5) is 5.69 Å². The van der Waals surface area contributed by atoms with Gasteiger partial charge in [0.05, 0.1) is 23.7 Å². The molecule has 160 valence electrons. The third-order valence-corrected chi connectivity index (χ3v) is 5.55. The van der Waals surface area contributed by atoms with Crippen LogP contribution >= 0.6 is 11.3 Å². The Morgan fingerprint density at radius 1 is 0.968 bits per heavy atom. The minimum Gasteiger partial charge on any atom is -0.456 e. The number of carbonyl (C=O) groups excluding carboxylic acids is 3. The van der Waals surface area contributed by atoms with Gasteiger partial charge in [0.15, 0.2) is 6.61 Å². The molecule has 0 bridgehead atoms. The number of aryl methyl sites for hydroxylation is 1. The summed E-state index contributed by atoms with van der Waals surface area (Å²) >= 11 is 1.57. The van der Waals surface area contributed by atoms with Crippen LogP contribution in [0.3, 0.4) is 0 Å². The lowest BCUT2D eigenvalue weighted by molar-refractivity contribution is -0.147. The zero-order chi connectivity index (χ0) is 22.1. The number of para-hydroxylation sites is 1. The molecule has 0 aliphatic heterocycles. The van der Waals surface area contributed by atoms with Crippen molar-refractivity contribution in [3.8, 4) is 0 Å². The maximum absolute atomic E-state index is 12.7. The topological polar surface area (TPSA) is 84.5 Å². The fraction of sp³-hybridized carbons (Fsp3) is 0.208. The Hall–Kier alpha value is -3.45. The number of esters is 1. The highest BCUT2D eigenvalue weighted by Crippen LogP contribution is 2.18. The first-order valence-corrected chi connectivity index (χ1v) is 10.8. The fourth-order valence-corrected chi connectivity index (χ4v) is 3.68. The van der Waals surface area contributed by atoms with E-state index in [-0.39, 0.29) is 18.4 Å². The summed E-state index contributed by atoms with van der Waals surface area (Å²) in [7, 11) is 0. The SMILES string of the molecule is CC(NC(=O)c1ccccc1NC(=O)COC(=O)CCc1cccs1)c1ccccc1. The van der Waals surface area contributed by atoms with E-state index in [1.807, 2.05) is 54.8 Å². The van der Waals surface area contributed by atoms with E-state index >= 15 is 0 Å². The molecule has 0 saturated heterocycles. The summed E-state index contributed by atoms with van der Waals surface area (Å²) in [6.45, 7) is 1.49. The standard InChI is InChI=1S/C24H24N2O4S/c1-17(18-8-3-2-4-9-18)25-24(29)20-11-5-6-12-21(20)26-22(27)16-30-23(28)14-13-19-10-7-15-31-19/h2-12,15,17H,13-14,16H2,1H3,(H,25,29)(H,26,27). The van der Waals surface area contributed by atoms with Gasteiger partial charge in [0, 0.05) is 4.88 Å². The molecule has 31 heavy (non-hydrogen) atoms. The molecule has 1 heterocycles. The van der Waals surface area contributed by atoms with Crippen LogP contribution in [0, 0.1) is 0 Å². The second-order valence-corrected chi connectivity index (χ2v) is 7.97. The number of anilines is 1. The number of nitrogens with one attached hydrogen (secondary N) is 2. The van der Waals surface area contributed by atoms with Gasteiger partial charge in [-0.25, -0.2) is 0 Å². The maximum Gasteiger partial charge on any atom is 0.306 e. The summed E-state index contributed by atoms with van der Waals surface area (Å²) < 4.78 is 5.05. The van der Waals surface area contributed by atoms with Gasteiger partial charge in [-0.3, -0.25) is 14.4 Å². The van der Waals surface area contributed by atoms with Crippen LogP contribution in [-0.2, 0) is 20.7 Å². The average Bonchev–Trinajstić information content (AvgIpc) is 3.31. The number of thiophene rings is 1. The highest BCUT2D eigenvalue weighted by atomic mass is 32.1. The molecule has 1 unspecified atom stereocenters. The second kappa shape index (κ2) is 11.1. The predicted molar refractivity (Wildman–Crippen MR) is 121 cm³/mol. The molecule has 2 aromatic carbocycles. The molecule has 0 saturated carbocycles. The van der Waals surface area contributed by atoms with Gasteiger partial charge < -0.3 is 15.4 Å². The number of hydrogen-bond acceptors (Lipinski definition) is 5. The summed E-state index contributed by atoms with van der Waals surface area (Å²) in [6, 6.07) is 20.0. The normalized spacial score (nSPS) is 11.4. The highest BCUT2D eigenvalue weighted by molar-refractivity contribution is 7.09. The number of rotatable bonds is 9. The average molecular weight is 437 g/mol. The quantitative estimate of drug-likeness (QED) is 0.488. The lowest BCUT2D eigenvalue weighted by Crippen LogP contribution is -2.28. The first kappa shape index (κ1) is 22.2. The Morgan fingerprint density at radius 2 is 1.71 bits per heavy atom. The Kier molecular flexibility index (Phi) is 7.95. The summed E-state index contributed by atoms with van der Waals surface area (Å²) in [5.74, 6) is -1.24. The lowest BCUT2D eigenvalue weighted by atomic mass is 10.1. The monoisotopic (exact) mass is 436 g/mol. The first-order chi connectivity index (χ1) is 15.0. The number of hydrogen-bond donors (Lipinski definition) is 2. The zero-order valence-electron chi connectivity index (χ0n) is 17.2. The van der Waals surface area contributed by atoms with Crippen molar-refractivity contribution in [1.29, 1.82) is 0 Å². The smallest absolute Gasteiger partial charge is 0.306 e. The van der Waals surface area contributed by atoms with Crippen molar-refractivity contribution in [3.05, 3.63) is 88.1 Å². The molecule has 1 atom stereocenters. The molecule has 3 rings (SSSR count). The zero-order valence-corrected chi connectivity index (χ0v) is 18.0.